The highest BCUT2D eigenvalue weighted by Gasteiger charge is 2.21. The van der Waals surface area contributed by atoms with E-state index in [9.17, 15) is 4.39 Å². The lowest BCUT2D eigenvalue weighted by atomic mass is 10.1. The van der Waals surface area contributed by atoms with Crippen molar-refractivity contribution in [1.29, 1.82) is 0 Å². The van der Waals surface area contributed by atoms with Gasteiger partial charge in [-0.2, -0.15) is 0 Å². The van der Waals surface area contributed by atoms with Crippen molar-refractivity contribution in [2.24, 2.45) is 5.92 Å². The molecule has 0 spiro atoms. The molecular formula is C15H16FN3S. The van der Waals surface area contributed by atoms with Crippen molar-refractivity contribution in [3.05, 3.63) is 36.1 Å². The summed E-state index contributed by atoms with van der Waals surface area (Å²) in [6, 6.07) is 8.51. The molecule has 0 radical (unpaired) electrons. The summed E-state index contributed by atoms with van der Waals surface area (Å²) < 4.78 is 13.9. The van der Waals surface area contributed by atoms with Gasteiger partial charge >= 0.3 is 0 Å². The van der Waals surface area contributed by atoms with Crippen molar-refractivity contribution >= 4 is 17.6 Å². The minimum atomic E-state index is -0.258. The molecule has 20 heavy (non-hydrogen) atoms. The van der Waals surface area contributed by atoms with E-state index in [1.54, 1.807) is 12.1 Å². The van der Waals surface area contributed by atoms with Gasteiger partial charge in [-0.3, -0.25) is 0 Å². The van der Waals surface area contributed by atoms with Crippen molar-refractivity contribution in [1.82, 2.24) is 9.97 Å². The van der Waals surface area contributed by atoms with E-state index < -0.39 is 0 Å². The Bertz CT molecular complexity index is 614. The lowest BCUT2D eigenvalue weighted by Gasteiger charge is -2.09. The minimum absolute atomic E-state index is 0.258. The molecule has 0 aliphatic heterocycles. The summed E-state index contributed by atoms with van der Waals surface area (Å²) in [6.07, 6.45) is 4.49. The third-order valence-corrected chi connectivity index (χ3v) is 3.85. The van der Waals surface area contributed by atoms with Crippen molar-refractivity contribution in [3.8, 4) is 11.3 Å². The first-order valence-corrected chi connectivity index (χ1v) is 7.90. The van der Waals surface area contributed by atoms with E-state index >= 15 is 0 Å². The summed E-state index contributed by atoms with van der Waals surface area (Å²) in [5.74, 6) is 1.28. The predicted octanol–water partition coefficient (Wildman–Crippen LogP) is 3.83. The van der Waals surface area contributed by atoms with Crippen molar-refractivity contribution < 1.29 is 4.39 Å². The number of aromatic nitrogens is 2. The highest BCUT2D eigenvalue weighted by Crippen LogP contribution is 2.30. The zero-order valence-electron chi connectivity index (χ0n) is 11.3. The Kier molecular flexibility index (Phi) is 3.87. The van der Waals surface area contributed by atoms with Gasteiger partial charge in [0.2, 0.25) is 0 Å². The summed E-state index contributed by atoms with van der Waals surface area (Å²) in [7, 11) is 0. The van der Waals surface area contributed by atoms with Gasteiger partial charge in [0.15, 0.2) is 5.16 Å². The average Bonchev–Trinajstić information content (AvgIpc) is 3.29. The third kappa shape index (κ3) is 3.10. The van der Waals surface area contributed by atoms with Crippen molar-refractivity contribution in [3.63, 3.8) is 0 Å². The highest BCUT2D eigenvalue weighted by atomic mass is 32.2. The first-order chi connectivity index (χ1) is 9.76. The van der Waals surface area contributed by atoms with Crippen LogP contribution in [-0.2, 0) is 0 Å². The molecule has 3 rings (SSSR count). The number of thioether (sulfide) groups is 1. The maximum absolute atomic E-state index is 13.9. The van der Waals surface area contributed by atoms with Gasteiger partial charge in [-0.05, 0) is 37.1 Å². The molecule has 1 saturated carbocycles. The third-order valence-electron chi connectivity index (χ3n) is 3.31. The number of hydrogen-bond donors (Lipinski definition) is 1. The SMILES string of the molecule is CSc1nc(NCC2CC2)cc(-c2ccccc2F)n1. The number of halogens is 1. The molecule has 1 aliphatic rings. The number of nitrogens with zero attached hydrogens (tertiary/aromatic N) is 2. The van der Waals surface area contributed by atoms with Crippen LogP contribution in [0.4, 0.5) is 10.2 Å². The second kappa shape index (κ2) is 5.79. The van der Waals surface area contributed by atoms with Crippen LogP contribution in [-0.4, -0.2) is 22.8 Å². The van der Waals surface area contributed by atoms with E-state index in [0.29, 0.717) is 16.4 Å². The summed E-state index contributed by atoms with van der Waals surface area (Å²) >= 11 is 1.46. The van der Waals surface area contributed by atoms with Gasteiger partial charge in [-0.15, -0.1) is 0 Å². The van der Waals surface area contributed by atoms with E-state index in [-0.39, 0.29) is 5.82 Å². The van der Waals surface area contributed by atoms with Crippen LogP contribution in [0.1, 0.15) is 12.8 Å². The minimum Gasteiger partial charge on any atom is -0.370 e. The Hall–Kier alpha value is -1.62. The molecule has 1 fully saturated rings. The molecule has 0 unspecified atom stereocenters. The largest absolute Gasteiger partial charge is 0.370 e. The van der Waals surface area contributed by atoms with Crippen LogP contribution in [0.25, 0.3) is 11.3 Å². The van der Waals surface area contributed by atoms with Crippen LogP contribution in [0.2, 0.25) is 0 Å². The molecule has 1 aromatic heterocycles. The smallest absolute Gasteiger partial charge is 0.189 e. The molecule has 1 heterocycles. The van der Waals surface area contributed by atoms with Gasteiger partial charge in [0.25, 0.3) is 0 Å². The number of anilines is 1. The summed E-state index contributed by atoms with van der Waals surface area (Å²) in [6.45, 7) is 0.932. The first kappa shape index (κ1) is 13.4. The molecule has 1 aromatic carbocycles. The van der Waals surface area contributed by atoms with Gasteiger partial charge < -0.3 is 5.32 Å². The zero-order valence-corrected chi connectivity index (χ0v) is 12.1. The quantitative estimate of drug-likeness (QED) is 0.670. The number of hydrogen-bond acceptors (Lipinski definition) is 4. The molecule has 2 aromatic rings. The van der Waals surface area contributed by atoms with Gasteiger partial charge in [0.05, 0.1) is 5.69 Å². The second-order valence-corrected chi connectivity index (χ2v) is 5.70. The normalized spacial score (nSPS) is 14.3. The Morgan fingerprint density at radius 2 is 2.10 bits per heavy atom. The van der Waals surface area contributed by atoms with Gasteiger partial charge in [-0.1, -0.05) is 23.9 Å². The molecule has 0 bridgehead atoms. The van der Waals surface area contributed by atoms with Crippen LogP contribution in [0.5, 0.6) is 0 Å². The molecule has 1 N–H and O–H groups in total. The topological polar surface area (TPSA) is 37.8 Å². The van der Waals surface area contributed by atoms with E-state index in [4.69, 9.17) is 0 Å². The Labute approximate surface area is 122 Å². The lowest BCUT2D eigenvalue weighted by Crippen LogP contribution is -2.06. The molecule has 0 atom stereocenters. The number of rotatable bonds is 5. The van der Waals surface area contributed by atoms with E-state index in [1.165, 1.54) is 30.7 Å². The fourth-order valence-corrected chi connectivity index (χ4v) is 2.36. The highest BCUT2D eigenvalue weighted by molar-refractivity contribution is 7.98. The summed E-state index contributed by atoms with van der Waals surface area (Å²) in [5.41, 5.74) is 1.14. The van der Waals surface area contributed by atoms with Gasteiger partial charge in [0.1, 0.15) is 11.6 Å². The Morgan fingerprint density at radius 1 is 1.30 bits per heavy atom. The summed E-state index contributed by atoms with van der Waals surface area (Å²) in [4.78, 5) is 8.82. The van der Waals surface area contributed by atoms with Gasteiger partial charge in [0, 0.05) is 18.2 Å². The molecule has 3 nitrogen and oxygen atoms in total. The monoisotopic (exact) mass is 289 g/mol. The molecule has 104 valence electrons. The van der Waals surface area contributed by atoms with Crippen LogP contribution in [0.3, 0.4) is 0 Å². The van der Waals surface area contributed by atoms with Crippen LogP contribution in [0, 0.1) is 11.7 Å². The second-order valence-electron chi connectivity index (χ2n) is 4.93. The van der Waals surface area contributed by atoms with Gasteiger partial charge in [-0.25, -0.2) is 14.4 Å². The maximum Gasteiger partial charge on any atom is 0.189 e. The Morgan fingerprint density at radius 3 is 2.80 bits per heavy atom. The molecular weight excluding hydrogens is 273 g/mol. The molecule has 1 aliphatic carbocycles. The summed E-state index contributed by atoms with van der Waals surface area (Å²) in [5, 5.41) is 3.98. The number of nitrogens with one attached hydrogen (secondary N) is 1. The van der Waals surface area contributed by atoms with Crippen molar-refractivity contribution in [2.75, 3.05) is 18.1 Å². The average molecular weight is 289 g/mol. The van der Waals surface area contributed by atoms with Crippen molar-refractivity contribution in [2.45, 2.75) is 18.0 Å². The molecule has 0 amide bonds. The molecule has 5 heteroatoms. The van der Waals surface area contributed by atoms with E-state index in [1.807, 2.05) is 18.4 Å². The standard InChI is InChI=1S/C15H16FN3S/c1-20-15-18-13(11-4-2-3-5-12(11)16)8-14(19-15)17-9-10-6-7-10/h2-5,8,10H,6-7,9H2,1H3,(H,17,18,19). The number of benzene rings is 1. The Balaban J connectivity index is 1.92. The lowest BCUT2D eigenvalue weighted by molar-refractivity contribution is 0.630. The van der Waals surface area contributed by atoms with Crippen LogP contribution in [0.15, 0.2) is 35.5 Å². The zero-order chi connectivity index (χ0) is 13.9. The first-order valence-electron chi connectivity index (χ1n) is 6.68. The van der Waals surface area contributed by atoms with E-state index in [0.717, 1.165) is 18.3 Å². The fraction of sp³-hybridized carbons (Fsp3) is 0.333. The van der Waals surface area contributed by atoms with Crippen LogP contribution < -0.4 is 5.32 Å². The maximum atomic E-state index is 13.9. The van der Waals surface area contributed by atoms with Crippen LogP contribution >= 0.6 is 11.8 Å². The fourth-order valence-electron chi connectivity index (χ4n) is 1.98. The predicted molar refractivity (Wildman–Crippen MR) is 80.4 cm³/mol. The molecule has 0 saturated heterocycles. The van der Waals surface area contributed by atoms with E-state index in [2.05, 4.69) is 15.3 Å².